The van der Waals surface area contributed by atoms with Gasteiger partial charge in [-0.2, -0.15) is 0 Å². The van der Waals surface area contributed by atoms with E-state index in [1.807, 2.05) is 6.07 Å². The van der Waals surface area contributed by atoms with Crippen LogP contribution in [0, 0.1) is 5.92 Å². The Balaban J connectivity index is 1.33. The van der Waals surface area contributed by atoms with E-state index in [1.165, 1.54) is 12.7 Å². The summed E-state index contributed by atoms with van der Waals surface area (Å²) in [4.78, 5) is 28.5. The van der Waals surface area contributed by atoms with Crippen molar-refractivity contribution in [2.24, 2.45) is 5.92 Å². The average molecular weight is 373 g/mol. The van der Waals surface area contributed by atoms with Crippen molar-refractivity contribution >= 4 is 11.9 Å². The molecule has 2 fully saturated rings. The minimum atomic E-state index is -0.124. The molecule has 1 aromatic carbocycles. The monoisotopic (exact) mass is 373 g/mol. The van der Waals surface area contributed by atoms with Gasteiger partial charge in [0.15, 0.2) is 0 Å². The van der Waals surface area contributed by atoms with Gasteiger partial charge in [0.2, 0.25) is 5.91 Å². The molecule has 1 aromatic rings. The van der Waals surface area contributed by atoms with Crippen LogP contribution in [0.3, 0.4) is 0 Å². The summed E-state index contributed by atoms with van der Waals surface area (Å²) in [6.45, 7) is 5.01. The van der Waals surface area contributed by atoms with E-state index in [9.17, 15) is 9.59 Å². The Hall–Kier alpha value is -1.92. The number of ether oxygens (including phenoxy) is 1. The molecule has 0 aliphatic carbocycles. The average Bonchev–Trinajstić information content (AvgIpc) is 2.70. The summed E-state index contributed by atoms with van der Waals surface area (Å²) >= 11 is 0. The van der Waals surface area contributed by atoms with Crippen LogP contribution in [0.2, 0.25) is 0 Å². The molecule has 0 radical (unpaired) electrons. The Bertz CT molecular complexity index is 606. The highest BCUT2D eigenvalue weighted by atomic mass is 16.5. The first-order valence-corrected chi connectivity index (χ1v) is 10.00. The molecule has 2 aliphatic heterocycles. The van der Waals surface area contributed by atoms with E-state index in [0.717, 1.165) is 58.4 Å². The van der Waals surface area contributed by atoms with E-state index in [4.69, 9.17) is 4.74 Å². The summed E-state index contributed by atoms with van der Waals surface area (Å²) in [5.41, 5.74) is 1.34. The molecule has 2 aliphatic rings. The molecule has 0 atom stereocenters. The molecule has 1 amide bonds. The van der Waals surface area contributed by atoms with Crippen LogP contribution < -0.4 is 5.32 Å². The number of amides is 1. The first kappa shape index (κ1) is 19.8. The van der Waals surface area contributed by atoms with Gasteiger partial charge < -0.3 is 10.1 Å². The molecular formula is C21H31N3O3. The van der Waals surface area contributed by atoms with Crippen LogP contribution in [-0.4, -0.2) is 67.6 Å². The molecule has 0 unspecified atom stereocenters. The molecule has 0 bridgehead atoms. The van der Waals surface area contributed by atoms with Crippen molar-refractivity contribution < 1.29 is 14.3 Å². The quantitative estimate of drug-likeness (QED) is 0.769. The van der Waals surface area contributed by atoms with E-state index in [1.54, 1.807) is 0 Å². The number of likely N-dealkylation sites (tertiary alicyclic amines) is 2. The molecular weight excluding hydrogens is 342 g/mol. The van der Waals surface area contributed by atoms with Gasteiger partial charge in [0.05, 0.1) is 19.6 Å². The van der Waals surface area contributed by atoms with Crippen LogP contribution in [0.4, 0.5) is 0 Å². The summed E-state index contributed by atoms with van der Waals surface area (Å²) in [5, 5.41) is 3.20. The van der Waals surface area contributed by atoms with E-state index in [-0.39, 0.29) is 23.8 Å². The fourth-order valence-electron chi connectivity index (χ4n) is 4.05. The Labute approximate surface area is 161 Å². The standard InChI is InChI=1S/C21H31N3O3/c1-27-21(26)18-7-11-24(12-8-18)16-20(25)22-19-9-13-23(14-10-19)15-17-5-3-2-4-6-17/h2-6,18-19H,7-16H2,1H3,(H,22,25). The maximum Gasteiger partial charge on any atom is 0.308 e. The van der Waals surface area contributed by atoms with Crippen molar-refractivity contribution in [1.82, 2.24) is 15.1 Å². The summed E-state index contributed by atoms with van der Waals surface area (Å²) in [6, 6.07) is 10.8. The Kier molecular flexibility index (Phi) is 7.24. The number of rotatable bonds is 6. The first-order valence-electron chi connectivity index (χ1n) is 10.00. The Morgan fingerprint density at radius 3 is 2.26 bits per heavy atom. The molecule has 6 heteroatoms. The molecule has 0 spiro atoms. The lowest BCUT2D eigenvalue weighted by Crippen LogP contribution is -2.48. The molecule has 27 heavy (non-hydrogen) atoms. The number of hydrogen-bond acceptors (Lipinski definition) is 5. The summed E-state index contributed by atoms with van der Waals surface area (Å²) in [7, 11) is 1.44. The number of methoxy groups -OCH3 is 1. The van der Waals surface area contributed by atoms with Crippen molar-refractivity contribution in [2.45, 2.75) is 38.3 Å². The Morgan fingerprint density at radius 2 is 1.63 bits per heavy atom. The van der Waals surface area contributed by atoms with E-state index < -0.39 is 0 Å². The normalized spacial score (nSPS) is 20.3. The number of hydrogen-bond donors (Lipinski definition) is 1. The zero-order chi connectivity index (χ0) is 19.1. The van der Waals surface area contributed by atoms with E-state index in [0.29, 0.717) is 6.54 Å². The van der Waals surface area contributed by atoms with Crippen LogP contribution in [0.25, 0.3) is 0 Å². The molecule has 6 nitrogen and oxygen atoms in total. The summed E-state index contributed by atoms with van der Waals surface area (Å²) in [5.74, 6) is -0.0300. The minimum Gasteiger partial charge on any atom is -0.469 e. The fourth-order valence-corrected chi connectivity index (χ4v) is 4.05. The first-order chi connectivity index (χ1) is 13.1. The van der Waals surface area contributed by atoms with Gasteiger partial charge in [0.1, 0.15) is 0 Å². The van der Waals surface area contributed by atoms with Crippen molar-refractivity contribution in [3.63, 3.8) is 0 Å². The van der Waals surface area contributed by atoms with E-state index in [2.05, 4.69) is 39.4 Å². The van der Waals surface area contributed by atoms with Crippen molar-refractivity contribution in [3.05, 3.63) is 35.9 Å². The zero-order valence-electron chi connectivity index (χ0n) is 16.2. The van der Waals surface area contributed by atoms with Crippen LogP contribution in [0.15, 0.2) is 30.3 Å². The molecule has 0 saturated carbocycles. The van der Waals surface area contributed by atoms with Gasteiger partial charge in [-0.05, 0) is 44.3 Å². The maximum atomic E-state index is 12.4. The molecule has 1 N–H and O–H groups in total. The largest absolute Gasteiger partial charge is 0.469 e. The fraction of sp³-hybridized carbons (Fsp3) is 0.619. The molecule has 2 saturated heterocycles. The second kappa shape index (κ2) is 9.85. The van der Waals surface area contributed by atoms with Gasteiger partial charge in [-0.1, -0.05) is 30.3 Å². The topological polar surface area (TPSA) is 61.9 Å². The summed E-state index contributed by atoms with van der Waals surface area (Å²) in [6.07, 6.45) is 3.56. The minimum absolute atomic E-state index is 0.0109. The van der Waals surface area contributed by atoms with Gasteiger partial charge in [0.25, 0.3) is 0 Å². The van der Waals surface area contributed by atoms with Crippen molar-refractivity contribution in [3.8, 4) is 0 Å². The summed E-state index contributed by atoms with van der Waals surface area (Å²) < 4.78 is 4.81. The SMILES string of the molecule is COC(=O)C1CCN(CC(=O)NC2CCN(Cc3ccccc3)CC2)CC1. The maximum absolute atomic E-state index is 12.4. The number of carbonyl (C=O) groups excluding carboxylic acids is 2. The third kappa shape index (κ3) is 6.04. The second-order valence-corrected chi connectivity index (χ2v) is 7.68. The van der Waals surface area contributed by atoms with Gasteiger partial charge in [0, 0.05) is 25.7 Å². The zero-order valence-corrected chi connectivity index (χ0v) is 16.2. The van der Waals surface area contributed by atoms with Crippen LogP contribution >= 0.6 is 0 Å². The lowest BCUT2D eigenvalue weighted by Gasteiger charge is -2.33. The van der Waals surface area contributed by atoms with Gasteiger partial charge in [-0.3, -0.25) is 19.4 Å². The van der Waals surface area contributed by atoms with Crippen LogP contribution in [0.1, 0.15) is 31.2 Å². The number of nitrogens with one attached hydrogen (secondary N) is 1. The predicted octanol–water partition coefficient (Wildman–Crippen LogP) is 1.65. The number of nitrogens with zero attached hydrogens (tertiary/aromatic N) is 2. The smallest absolute Gasteiger partial charge is 0.308 e. The van der Waals surface area contributed by atoms with Gasteiger partial charge in [-0.15, -0.1) is 0 Å². The highest BCUT2D eigenvalue weighted by Gasteiger charge is 2.27. The van der Waals surface area contributed by atoms with Gasteiger partial charge >= 0.3 is 5.97 Å². The third-order valence-electron chi connectivity index (χ3n) is 5.69. The molecule has 3 rings (SSSR count). The molecule has 0 aromatic heterocycles. The number of benzene rings is 1. The second-order valence-electron chi connectivity index (χ2n) is 7.68. The van der Waals surface area contributed by atoms with Crippen molar-refractivity contribution in [1.29, 1.82) is 0 Å². The highest BCUT2D eigenvalue weighted by molar-refractivity contribution is 5.78. The molecule has 148 valence electrons. The highest BCUT2D eigenvalue weighted by Crippen LogP contribution is 2.18. The number of carbonyl (C=O) groups is 2. The van der Waals surface area contributed by atoms with E-state index >= 15 is 0 Å². The number of esters is 1. The third-order valence-corrected chi connectivity index (χ3v) is 5.69. The lowest BCUT2D eigenvalue weighted by atomic mass is 9.97. The lowest BCUT2D eigenvalue weighted by molar-refractivity contribution is -0.147. The van der Waals surface area contributed by atoms with Crippen LogP contribution in [-0.2, 0) is 20.9 Å². The van der Waals surface area contributed by atoms with Crippen LogP contribution in [0.5, 0.6) is 0 Å². The van der Waals surface area contributed by atoms with Gasteiger partial charge in [-0.25, -0.2) is 0 Å². The molecule has 2 heterocycles. The number of piperidine rings is 2. The van der Waals surface area contributed by atoms with Crippen molar-refractivity contribution in [2.75, 3.05) is 39.8 Å². The predicted molar refractivity (Wildman–Crippen MR) is 104 cm³/mol. The Morgan fingerprint density at radius 1 is 1.00 bits per heavy atom.